The minimum absolute atomic E-state index is 0.0296. The molecule has 2 aliphatic rings. The van der Waals surface area contributed by atoms with E-state index in [2.05, 4.69) is 32.7 Å². The predicted octanol–water partition coefficient (Wildman–Crippen LogP) is 1.27. The van der Waals surface area contributed by atoms with Crippen molar-refractivity contribution in [3.63, 3.8) is 0 Å². The van der Waals surface area contributed by atoms with Gasteiger partial charge in [0.05, 0.1) is 5.60 Å². The smallest absolute Gasteiger partial charge is 0.229 e. The third kappa shape index (κ3) is 2.27. The van der Waals surface area contributed by atoms with Crippen molar-refractivity contribution in [3.05, 3.63) is 0 Å². The van der Waals surface area contributed by atoms with Crippen molar-refractivity contribution >= 4 is 11.8 Å². The molecular formula is C15H26N2O3. The molecule has 20 heavy (non-hydrogen) atoms. The highest BCUT2D eigenvalue weighted by Crippen LogP contribution is 2.53. The number of hydrogen-bond acceptors (Lipinski definition) is 4. The first-order valence-corrected chi connectivity index (χ1v) is 7.31. The molecule has 2 fully saturated rings. The number of ether oxygens (including phenoxy) is 1. The molecule has 2 atom stereocenters. The fourth-order valence-corrected chi connectivity index (χ4v) is 3.45. The van der Waals surface area contributed by atoms with E-state index in [-0.39, 0.29) is 22.8 Å². The van der Waals surface area contributed by atoms with Gasteiger partial charge in [-0.2, -0.15) is 0 Å². The summed E-state index contributed by atoms with van der Waals surface area (Å²) in [4.78, 5) is 26.8. The molecule has 0 spiro atoms. The average molecular weight is 282 g/mol. The van der Waals surface area contributed by atoms with Crippen LogP contribution in [0.25, 0.3) is 0 Å². The SMILES string of the molecule is CO[C@@]1(C)C[C@H](N(C)CCN2C(=O)CCC2=O)C1(C)C. The van der Waals surface area contributed by atoms with Crippen LogP contribution in [0.3, 0.4) is 0 Å². The van der Waals surface area contributed by atoms with E-state index in [1.54, 1.807) is 7.11 Å². The molecule has 5 nitrogen and oxygen atoms in total. The van der Waals surface area contributed by atoms with Gasteiger partial charge in [-0.05, 0) is 20.4 Å². The van der Waals surface area contributed by atoms with Gasteiger partial charge in [0.2, 0.25) is 11.8 Å². The van der Waals surface area contributed by atoms with Crippen LogP contribution in [0.15, 0.2) is 0 Å². The summed E-state index contributed by atoms with van der Waals surface area (Å²) in [6, 6.07) is 0.417. The van der Waals surface area contributed by atoms with E-state index in [4.69, 9.17) is 4.74 Å². The lowest BCUT2D eigenvalue weighted by molar-refractivity contribution is -0.206. The fourth-order valence-electron chi connectivity index (χ4n) is 3.45. The molecular weight excluding hydrogens is 256 g/mol. The molecule has 5 heteroatoms. The number of carbonyl (C=O) groups excluding carboxylic acids is 2. The Morgan fingerprint density at radius 1 is 1.25 bits per heavy atom. The second kappa shape index (κ2) is 5.11. The predicted molar refractivity (Wildman–Crippen MR) is 76.2 cm³/mol. The van der Waals surface area contributed by atoms with Crippen LogP contribution in [-0.4, -0.2) is 60.5 Å². The second-order valence-electron chi connectivity index (χ2n) is 6.80. The van der Waals surface area contributed by atoms with Gasteiger partial charge in [-0.3, -0.25) is 14.5 Å². The third-order valence-electron chi connectivity index (χ3n) is 5.59. The summed E-state index contributed by atoms with van der Waals surface area (Å²) < 4.78 is 5.64. The third-order valence-corrected chi connectivity index (χ3v) is 5.59. The first kappa shape index (κ1) is 15.4. The first-order valence-electron chi connectivity index (χ1n) is 7.31. The lowest BCUT2D eigenvalue weighted by atomic mass is 9.55. The summed E-state index contributed by atoms with van der Waals surface area (Å²) in [6.45, 7) is 7.81. The number of nitrogens with zero attached hydrogens (tertiary/aromatic N) is 2. The Balaban J connectivity index is 1.89. The summed E-state index contributed by atoms with van der Waals surface area (Å²) in [6.07, 6.45) is 1.73. The van der Waals surface area contributed by atoms with Crippen molar-refractivity contribution in [1.82, 2.24) is 9.80 Å². The Hall–Kier alpha value is -0.940. The highest BCUT2D eigenvalue weighted by atomic mass is 16.5. The van der Waals surface area contributed by atoms with Gasteiger partial charge in [0, 0.05) is 44.5 Å². The molecule has 2 rings (SSSR count). The monoisotopic (exact) mass is 282 g/mol. The number of methoxy groups -OCH3 is 1. The van der Waals surface area contributed by atoms with Crippen LogP contribution in [0.1, 0.15) is 40.0 Å². The highest BCUT2D eigenvalue weighted by molar-refractivity contribution is 6.01. The highest BCUT2D eigenvalue weighted by Gasteiger charge is 2.58. The molecule has 1 aliphatic carbocycles. The van der Waals surface area contributed by atoms with Gasteiger partial charge in [-0.15, -0.1) is 0 Å². The number of likely N-dealkylation sites (tertiary alicyclic amines) is 1. The molecule has 114 valence electrons. The largest absolute Gasteiger partial charge is 0.378 e. The van der Waals surface area contributed by atoms with Crippen LogP contribution >= 0.6 is 0 Å². The number of hydrogen-bond donors (Lipinski definition) is 0. The molecule has 0 aromatic rings. The molecule has 2 amide bonds. The first-order chi connectivity index (χ1) is 9.23. The summed E-state index contributed by atoms with van der Waals surface area (Å²) in [5.74, 6) is -0.0593. The van der Waals surface area contributed by atoms with E-state index in [0.717, 1.165) is 13.0 Å². The number of amides is 2. The maximum Gasteiger partial charge on any atom is 0.229 e. The maximum atomic E-state index is 11.6. The summed E-state index contributed by atoms with van der Waals surface area (Å²) in [5.41, 5.74) is -0.0270. The number of rotatable bonds is 5. The Labute approximate surface area is 121 Å². The van der Waals surface area contributed by atoms with E-state index in [1.807, 2.05) is 0 Å². The van der Waals surface area contributed by atoms with Gasteiger partial charge in [-0.1, -0.05) is 13.8 Å². The molecule has 0 aromatic heterocycles. The lowest BCUT2D eigenvalue weighted by Crippen LogP contribution is -2.68. The van der Waals surface area contributed by atoms with Crippen molar-refractivity contribution in [2.45, 2.75) is 51.7 Å². The molecule has 1 saturated heterocycles. The van der Waals surface area contributed by atoms with E-state index < -0.39 is 0 Å². The standard InChI is InChI=1S/C15H26N2O3/c1-14(2)11(10-15(14,3)20-5)16(4)8-9-17-12(18)6-7-13(17)19/h11H,6-10H2,1-5H3/t11-,15-/m0/s1. The quantitative estimate of drug-likeness (QED) is 0.713. The summed E-state index contributed by atoms with van der Waals surface area (Å²) in [5, 5.41) is 0. The van der Waals surface area contributed by atoms with Crippen molar-refractivity contribution in [2.75, 3.05) is 27.2 Å². The zero-order valence-corrected chi connectivity index (χ0v) is 13.2. The van der Waals surface area contributed by atoms with Gasteiger partial charge in [0.25, 0.3) is 0 Å². The normalized spacial score (nSPS) is 32.9. The molecule has 0 unspecified atom stereocenters. The molecule has 0 bridgehead atoms. The number of carbonyl (C=O) groups is 2. The summed E-state index contributed by atoms with van der Waals surface area (Å²) in [7, 11) is 3.83. The van der Waals surface area contributed by atoms with Crippen molar-refractivity contribution in [3.8, 4) is 0 Å². The minimum atomic E-state index is -0.0921. The molecule has 0 radical (unpaired) electrons. The Kier molecular flexibility index (Phi) is 3.95. The molecule has 1 aliphatic heterocycles. The molecule has 0 N–H and O–H groups in total. The van der Waals surface area contributed by atoms with Gasteiger partial charge in [0.15, 0.2) is 0 Å². The van der Waals surface area contributed by atoms with Gasteiger partial charge in [0.1, 0.15) is 0 Å². The summed E-state index contributed by atoms with van der Waals surface area (Å²) >= 11 is 0. The van der Waals surface area contributed by atoms with E-state index >= 15 is 0 Å². The number of imide groups is 1. The molecule has 0 aromatic carbocycles. The van der Waals surface area contributed by atoms with Crippen LogP contribution in [0, 0.1) is 5.41 Å². The Morgan fingerprint density at radius 2 is 1.80 bits per heavy atom. The number of likely N-dealkylation sites (N-methyl/N-ethyl adjacent to an activating group) is 1. The van der Waals surface area contributed by atoms with E-state index in [9.17, 15) is 9.59 Å². The van der Waals surface area contributed by atoms with Crippen LogP contribution in [0.5, 0.6) is 0 Å². The minimum Gasteiger partial charge on any atom is -0.378 e. The van der Waals surface area contributed by atoms with E-state index in [0.29, 0.717) is 25.4 Å². The van der Waals surface area contributed by atoms with Crippen molar-refractivity contribution in [1.29, 1.82) is 0 Å². The van der Waals surface area contributed by atoms with Gasteiger partial charge >= 0.3 is 0 Å². The molecule has 1 saturated carbocycles. The fraction of sp³-hybridized carbons (Fsp3) is 0.867. The molecule has 1 heterocycles. The van der Waals surface area contributed by atoms with Crippen LogP contribution in [0.2, 0.25) is 0 Å². The van der Waals surface area contributed by atoms with Gasteiger partial charge < -0.3 is 9.64 Å². The zero-order valence-electron chi connectivity index (χ0n) is 13.2. The Bertz CT molecular complexity index is 405. The van der Waals surface area contributed by atoms with Crippen molar-refractivity contribution < 1.29 is 14.3 Å². The Morgan fingerprint density at radius 3 is 2.25 bits per heavy atom. The maximum absolute atomic E-state index is 11.6. The lowest BCUT2D eigenvalue weighted by Gasteiger charge is -2.61. The van der Waals surface area contributed by atoms with Crippen molar-refractivity contribution in [2.24, 2.45) is 5.41 Å². The topological polar surface area (TPSA) is 49.9 Å². The van der Waals surface area contributed by atoms with Gasteiger partial charge in [-0.25, -0.2) is 0 Å². The average Bonchev–Trinajstić information content (AvgIpc) is 2.72. The van der Waals surface area contributed by atoms with Crippen LogP contribution in [-0.2, 0) is 14.3 Å². The van der Waals surface area contributed by atoms with Crippen LogP contribution in [0.4, 0.5) is 0 Å². The second-order valence-corrected chi connectivity index (χ2v) is 6.80. The van der Waals surface area contributed by atoms with E-state index in [1.165, 1.54) is 4.90 Å². The van der Waals surface area contributed by atoms with Crippen LogP contribution < -0.4 is 0 Å². The zero-order chi connectivity index (χ0) is 15.1.